The summed E-state index contributed by atoms with van der Waals surface area (Å²) in [5.74, 6) is 0.500. The number of aryl methyl sites for hydroxylation is 1. The van der Waals surface area contributed by atoms with Crippen LogP contribution in [0.4, 0.5) is 5.69 Å². The fraction of sp³-hybridized carbons (Fsp3) is 0.600. The Kier molecular flexibility index (Phi) is 8.72. The maximum atomic E-state index is 11.7. The van der Waals surface area contributed by atoms with E-state index in [2.05, 4.69) is 112 Å². The van der Waals surface area contributed by atoms with Crippen molar-refractivity contribution in [1.29, 1.82) is 0 Å². The van der Waals surface area contributed by atoms with Gasteiger partial charge in [-0.2, -0.15) is 0 Å². The maximum Gasteiger partial charge on any atom is 0.123 e. The van der Waals surface area contributed by atoms with E-state index in [1.54, 1.807) is 0 Å². The molecular formula is C30H48NOP. The first-order chi connectivity index (χ1) is 15.1. The van der Waals surface area contributed by atoms with Crippen LogP contribution in [0.25, 0.3) is 0 Å². The Morgan fingerprint density at radius 1 is 0.848 bits per heavy atom. The highest BCUT2D eigenvalue weighted by Gasteiger charge is 2.35. The van der Waals surface area contributed by atoms with Crippen molar-refractivity contribution >= 4 is 19.6 Å². The van der Waals surface area contributed by atoms with Crippen molar-refractivity contribution < 1.29 is 5.11 Å². The summed E-state index contributed by atoms with van der Waals surface area (Å²) in [7, 11) is 4.84. The first-order valence-electron chi connectivity index (χ1n) is 12.5. The molecule has 2 aromatic carbocycles. The lowest BCUT2D eigenvalue weighted by Crippen LogP contribution is -2.26. The first kappa shape index (κ1) is 27.7. The number of aromatic hydroxyl groups is 1. The number of benzene rings is 2. The Morgan fingerprint density at radius 3 is 1.97 bits per heavy atom. The van der Waals surface area contributed by atoms with E-state index in [1.165, 1.54) is 41.4 Å². The van der Waals surface area contributed by atoms with E-state index in [-0.39, 0.29) is 16.0 Å². The van der Waals surface area contributed by atoms with Gasteiger partial charge < -0.3 is 10.0 Å². The number of phenolic OH excluding ortho intramolecular Hbond substituents is 1. The molecule has 0 saturated heterocycles. The Balaban J connectivity index is 2.76. The lowest BCUT2D eigenvalue weighted by atomic mass is 9.77. The van der Waals surface area contributed by atoms with Gasteiger partial charge in [-0.3, -0.25) is 0 Å². The summed E-state index contributed by atoms with van der Waals surface area (Å²) in [4.78, 5) is 2.23. The highest BCUT2D eigenvalue weighted by molar-refractivity contribution is 7.49. The second-order valence-corrected chi connectivity index (χ2v) is 14.1. The number of hydrogen-bond acceptors (Lipinski definition) is 2. The van der Waals surface area contributed by atoms with Gasteiger partial charge in [0.25, 0.3) is 0 Å². The van der Waals surface area contributed by atoms with Crippen molar-refractivity contribution in [3.05, 3.63) is 52.6 Å². The highest BCUT2D eigenvalue weighted by atomic mass is 31.1. The molecule has 0 bridgehead atoms. The van der Waals surface area contributed by atoms with Gasteiger partial charge in [0.1, 0.15) is 5.75 Å². The molecule has 33 heavy (non-hydrogen) atoms. The molecule has 0 radical (unpaired) electrons. The standard InChI is InChI=1S/C30H48NOP/c1-12-13-14-17-30(9,33-26-16-15-21(2)18-25(26)31(10)11)24-20-22(28(3,4)5)19-23(27(24)32)29(6,7)8/h15-16,18-20,32-33H,12-14,17H2,1-11H3. The van der Waals surface area contributed by atoms with E-state index in [9.17, 15) is 5.11 Å². The Morgan fingerprint density at radius 2 is 1.45 bits per heavy atom. The summed E-state index contributed by atoms with van der Waals surface area (Å²) >= 11 is 0. The van der Waals surface area contributed by atoms with Crippen molar-refractivity contribution in [2.24, 2.45) is 0 Å². The van der Waals surface area contributed by atoms with Crippen molar-refractivity contribution in [2.45, 2.75) is 104 Å². The van der Waals surface area contributed by atoms with Crippen molar-refractivity contribution in [3.63, 3.8) is 0 Å². The zero-order valence-corrected chi connectivity index (χ0v) is 24.1. The Labute approximate surface area is 206 Å². The molecule has 184 valence electrons. The van der Waals surface area contributed by atoms with Gasteiger partial charge in [0.2, 0.25) is 0 Å². The first-order valence-corrected chi connectivity index (χ1v) is 13.5. The molecule has 0 aliphatic carbocycles. The molecule has 2 rings (SSSR count). The summed E-state index contributed by atoms with van der Waals surface area (Å²) in [6, 6.07) is 11.4. The van der Waals surface area contributed by atoms with Gasteiger partial charge in [-0.25, -0.2) is 0 Å². The number of phenols is 1. The van der Waals surface area contributed by atoms with Crippen LogP contribution < -0.4 is 10.2 Å². The van der Waals surface area contributed by atoms with Gasteiger partial charge in [-0.1, -0.05) is 107 Å². The topological polar surface area (TPSA) is 23.5 Å². The lowest BCUT2D eigenvalue weighted by molar-refractivity contribution is 0.424. The fourth-order valence-electron chi connectivity index (χ4n) is 4.47. The molecule has 0 saturated carbocycles. The average Bonchev–Trinajstić information content (AvgIpc) is 2.67. The minimum Gasteiger partial charge on any atom is -0.507 e. The van der Waals surface area contributed by atoms with Crippen LogP contribution in [-0.2, 0) is 16.0 Å². The van der Waals surface area contributed by atoms with Crippen molar-refractivity contribution in [1.82, 2.24) is 0 Å². The second kappa shape index (κ2) is 10.4. The van der Waals surface area contributed by atoms with E-state index in [0.717, 1.165) is 17.5 Å². The third-order valence-corrected chi connectivity index (χ3v) is 8.47. The minimum absolute atomic E-state index is 0.0224. The molecule has 0 heterocycles. The number of nitrogens with zero attached hydrogens (tertiary/aromatic N) is 1. The van der Waals surface area contributed by atoms with Crippen molar-refractivity contribution in [2.75, 3.05) is 19.0 Å². The summed E-state index contributed by atoms with van der Waals surface area (Å²) < 4.78 is 0. The molecule has 3 heteroatoms. The quantitative estimate of drug-likeness (QED) is 0.311. The summed E-state index contributed by atoms with van der Waals surface area (Å²) in [5, 5.41) is 13.0. The predicted molar refractivity (Wildman–Crippen MR) is 150 cm³/mol. The fourth-order valence-corrected chi connectivity index (χ4v) is 6.28. The van der Waals surface area contributed by atoms with Gasteiger partial charge in [0.05, 0.1) is 0 Å². The lowest BCUT2D eigenvalue weighted by Gasteiger charge is -2.36. The summed E-state index contributed by atoms with van der Waals surface area (Å²) in [6.45, 7) is 20.3. The SMILES string of the molecule is CCCCCC(C)(Pc1ccc(C)cc1N(C)C)c1cc(C(C)(C)C)cc(C(C)(C)C)c1O. The van der Waals surface area contributed by atoms with E-state index < -0.39 is 0 Å². The van der Waals surface area contributed by atoms with Gasteiger partial charge in [-0.15, -0.1) is 0 Å². The number of unbranched alkanes of at least 4 members (excludes halogenated alkanes) is 2. The zero-order valence-electron chi connectivity index (χ0n) is 23.1. The maximum absolute atomic E-state index is 11.7. The Hall–Kier alpha value is -1.53. The largest absolute Gasteiger partial charge is 0.507 e. The minimum atomic E-state index is -0.124. The molecule has 2 atom stereocenters. The van der Waals surface area contributed by atoms with Crippen LogP contribution in [-0.4, -0.2) is 19.2 Å². The van der Waals surface area contributed by atoms with Gasteiger partial charge in [0.15, 0.2) is 0 Å². The number of hydrogen-bond donors (Lipinski definition) is 1. The molecule has 0 aromatic heterocycles. The van der Waals surface area contributed by atoms with E-state index in [1.807, 2.05) is 0 Å². The van der Waals surface area contributed by atoms with E-state index in [4.69, 9.17) is 0 Å². The summed E-state index contributed by atoms with van der Waals surface area (Å²) in [5.41, 5.74) is 5.97. The van der Waals surface area contributed by atoms with Gasteiger partial charge in [0, 0.05) is 30.5 Å². The normalized spacial score (nSPS) is 14.6. The molecular weight excluding hydrogens is 421 g/mol. The second-order valence-electron chi connectivity index (χ2n) is 12.2. The monoisotopic (exact) mass is 469 g/mol. The van der Waals surface area contributed by atoms with Crippen LogP contribution in [0.1, 0.15) is 103 Å². The van der Waals surface area contributed by atoms with Crippen molar-refractivity contribution in [3.8, 4) is 5.75 Å². The molecule has 0 fully saturated rings. The molecule has 0 amide bonds. The van der Waals surface area contributed by atoms with Crippen LogP contribution in [0.5, 0.6) is 5.75 Å². The number of rotatable bonds is 8. The molecule has 0 spiro atoms. The molecule has 1 N–H and O–H groups in total. The molecule has 2 nitrogen and oxygen atoms in total. The van der Waals surface area contributed by atoms with Crippen LogP contribution in [0.15, 0.2) is 30.3 Å². The Bertz CT molecular complexity index is 949. The smallest absolute Gasteiger partial charge is 0.123 e. The highest BCUT2D eigenvalue weighted by Crippen LogP contribution is 2.52. The molecule has 0 aliphatic rings. The van der Waals surface area contributed by atoms with Gasteiger partial charge in [-0.05, 0) is 52.2 Å². The average molecular weight is 470 g/mol. The van der Waals surface area contributed by atoms with Crippen LogP contribution in [0.2, 0.25) is 0 Å². The predicted octanol–water partition coefficient (Wildman–Crippen LogP) is 8.16. The van der Waals surface area contributed by atoms with E-state index >= 15 is 0 Å². The van der Waals surface area contributed by atoms with Crippen LogP contribution in [0, 0.1) is 6.92 Å². The van der Waals surface area contributed by atoms with Crippen LogP contribution in [0.3, 0.4) is 0 Å². The zero-order chi connectivity index (χ0) is 25.2. The molecule has 0 aliphatic heterocycles. The summed E-state index contributed by atoms with van der Waals surface area (Å²) in [6.07, 6.45) is 4.67. The van der Waals surface area contributed by atoms with Crippen LogP contribution >= 0.6 is 8.58 Å². The molecule has 2 aromatic rings. The third-order valence-electron chi connectivity index (χ3n) is 6.70. The third kappa shape index (κ3) is 6.75. The van der Waals surface area contributed by atoms with E-state index in [0.29, 0.717) is 14.3 Å². The van der Waals surface area contributed by atoms with Gasteiger partial charge >= 0.3 is 0 Å². The number of anilines is 1. The molecule has 2 unspecified atom stereocenters.